The third kappa shape index (κ3) is 7.13. The average molecular weight is 298 g/mol. The Morgan fingerprint density at radius 1 is 1.28 bits per heavy atom. The quantitative estimate of drug-likeness (QED) is 0.793. The SMILES string of the molecule is CC(Cc1ccc(Cl)cc1)NCCSC(F)(F)F. The lowest BCUT2D eigenvalue weighted by molar-refractivity contribution is -0.0327. The zero-order chi connectivity index (χ0) is 13.6. The summed E-state index contributed by atoms with van der Waals surface area (Å²) in [5.41, 5.74) is -3.02. The summed E-state index contributed by atoms with van der Waals surface area (Å²) in [6, 6.07) is 7.60. The predicted molar refractivity (Wildman–Crippen MR) is 71.1 cm³/mol. The molecule has 0 aliphatic carbocycles. The normalized spacial score (nSPS) is 13.6. The van der Waals surface area contributed by atoms with Crippen molar-refractivity contribution in [3.05, 3.63) is 34.9 Å². The zero-order valence-corrected chi connectivity index (χ0v) is 11.5. The molecule has 0 radical (unpaired) electrons. The van der Waals surface area contributed by atoms with E-state index < -0.39 is 5.51 Å². The van der Waals surface area contributed by atoms with E-state index in [0.717, 1.165) is 12.0 Å². The van der Waals surface area contributed by atoms with Crippen molar-refractivity contribution in [3.63, 3.8) is 0 Å². The number of hydrogen-bond donors (Lipinski definition) is 1. The topological polar surface area (TPSA) is 12.0 Å². The van der Waals surface area contributed by atoms with E-state index in [1.807, 2.05) is 31.2 Å². The highest BCUT2D eigenvalue weighted by Crippen LogP contribution is 2.29. The first-order valence-corrected chi connectivity index (χ1v) is 6.92. The Balaban J connectivity index is 2.21. The van der Waals surface area contributed by atoms with Crippen molar-refractivity contribution < 1.29 is 13.2 Å². The maximum Gasteiger partial charge on any atom is 0.441 e. The van der Waals surface area contributed by atoms with Gasteiger partial charge in [0.2, 0.25) is 0 Å². The zero-order valence-electron chi connectivity index (χ0n) is 9.93. The Hall–Kier alpha value is -0.390. The number of thioether (sulfide) groups is 1. The highest BCUT2D eigenvalue weighted by atomic mass is 35.5. The van der Waals surface area contributed by atoms with E-state index >= 15 is 0 Å². The van der Waals surface area contributed by atoms with Gasteiger partial charge in [0.1, 0.15) is 0 Å². The molecule has 18 heavy (non-hydrogen) atoms. The van der Waals surface area contributed by atoms with Gasteiger partial charge in [0, 0.05) is 23.4 Å². The van der Waals surface area contributed by atoms with Crippen molar-refractivity contribution in [1.29, 1.82) is 0 Å². The van der Waals surface area contributed by atoms with E-state index in [2.05, 4.69) is 5.32 Å². The van der Waals surface area contributed by atoms with Crippen molar-refractivity contribution >= 4 is 23.4 Å². The highest BCUT2D eigenvalue weighted by Gasteiger charge is 2.27. The molecule has 1 aromatic carbocycles. The van der Waals surface area contributed by atoms with Gasteiger partial charge >= 0.3 is 5.51 Å². The molecule has 1 rings (SSSR count). The lowest BCUT2D eigenvalue weighted by atomic mass is 10.1. The van der Waals surface area contributed by atoms with E-state index in [9.17, 15) is 13.2 Å². The van der Waals surface area contributed by atoms with Crippen molar-refractivity contribution in [1.82, 2.24) is 5.32 Å². The summed E-state index contributed by atoms with van der Waals surface area (Å²) in [7, 11) is 0. The molecule has 0 aliphatic rings. The molecule has 0 saturated heterocycles. The average Bonchev–Trinajstić information content (AvgIpc) is 2.26. The molecule has 0 fully saturated rings. The molecular formula is C12H15ClF3NS. The van der Waals surface area contributed by atoms with Crippen LogP contribution in [-0.4, -0.2) is 23.8 Å². The first-order valence-electron chi connectivity index (χ1n) is 5.55. The second-order valence-electron chi connectivity index (χ2n) is 3.98. The molecule has 0 spiro atoms. The molecule has 1 N–H and O–H groups in total. The largest absolute Gasteiger partial charge is 0.441 e. The molecule has 1 aromatic rings. The molecule has 0 aromatic heterocycles. The van der Waals surface area contributed by atoms with Crippen LogP contribution in [0, 0.1) is 0 Å². The van der Waals surface area contributed by atoms with Crippen LogP contribution in [0.25, 0.3) is 0 Å². The fourth-order valence-corrected chi connectivity index (χ4v) is 2.10. The number of nitrogens with one attached hydrogen (secondary N) is 1. The summed E-state index contributed by atoms with van der Waals surface area (Å²) in [6.07, 6.45) is 0.772. The van der Waals surface area contributed by atoms with Crippen LogP contribution >= 0.6 is 23.4 Å². The van der Waals surface area contributed by atoms with Gasteiger partial charge in [-0.15, -0.1) is 0 Å². The smallest absolute Gasteiger partial charge is 0.313 e. The van der Waals surface area contributed by atoms with Crippen LogP contribution in [-0.2, 0) is 6.42 Å². The summed E-state index contributed by atoms with van der Waals surface area (Å²) < 4.78 is 35.7. The lowest BCUT2D eigenvalue weighted by Crippen LogP contribution is -2.30. The molecule has 0 saturated carbocycles. The van der Waals surface area contributed by atoms with E-state index in [0.29, 0.717) is 11.6 Å². The standard InChI is InChI=1S/C12H15ClF3NS/c1-9(17-6-7-18-12(14,15)16)8-10-2-4-11(13)5-3-10/h2-5,9,17H,6-8H2,1H3. The van der Waals surface area contributed by atoms with Crippen LogP contribution in [0.2, 0.25) is 5.02 Å². The number of rotatable bonds is 6. The van der Waals surface area contributed by atoms with Crippen LogP contribution < -0.4 is 5.32 Å². The van der Waals surface area contributed by atoms with E-state index in [4.69, 9.17) is 11.6 Å². The monoisotopic (exact) mass is 297 g/mol. The molecule has 1 atom stereocenters. The van der Waals surface area contributed by atoms with Crippen LogP contribution in [0.15, 0.2) is 24.3 Å². The van der Waals surface area contributed by atoms with Gasteiger partial charge in [0.15, 0.2) is 0 Å². The van der Waals surface area contributed by atoms with Crippen molar-refractivity contribution in [2.24, 2.45) is 0 Å². The first kappa shape index (κ1) is 15.7. The van der Waals surface area contributed by atoms with Gasteiger partial charge in [0.25, 0.3) is 0 Å². The predicted octanol–water partition coefficient (Wildman–Crippen LogP) is 4.11. The van der Waals surface area contributed by atoms with Gasteiger partial charge < -0.3 is 5.32 Å². The van der Waals surface area contributed by atoms with Gasteiger partial charge in [-0.1, -0.05) is 23.7 Å². The molecule has 102 valence electrons. The maximum absolute atomic E-state index is 11.9. The summed E-state index contributed by atoms with van der Waals surface area (Å²) in [4.78, 5) is 0. The minimum absolute atomic E-state index is 0.00386. The lowest BCUT2D eigenvalue weighted by Gasteiger charge is -2.14. The summed E-state index contributed by atoms with van der Waals surface area (Å²) in [5, 5.41) is 3.75. The van der Waals surface area contributed by atoms with Crippen molar-refractivity contribution in [3.8, 4) is 0 Å². The second kappa shape index (κ2) is 7.26. The Morgan fingerprint density at radius 3 is 2.44 bits per heavy atom. The van der Waals surface area contributed by atoms with Crippen LogP contribution in [0.1, 0.15) is 12.5 Å². The minimum Gasteiger partial charge on any atom is -0.313 e. The van der Waals surface area contributed by atoms with Gasteiger partial charge in [-0.3, -0.25) is 0 Å². The fraction of sp³-hybridized carbons (Fsp3) is 0.500. The molecule has 1 nitrogen and oxygen atoms in total. The minimum atomic E-state index is -4.14. The van der Waals surface area contributed by atoms with Crippen LogP contribution in [0.5, 0.6) is 0 Å². The number of benzene rings is 1. The van der Waals surface area contributed by atoms with E-state index in [1.165, 1.54) is 0 Å². The number of alkyl halides is 3. The fourth-order valence-electron chi connectivity index (χ4n) is 1.52. The third-order valence-corrected chi connectivity index (χ3v) is 3.30. The number of hydrogen-bond acceptors (Lipinski definition) is 2. The molecule has 6 heteroatoms. The summed E-state index contributed by atoms with van der Waals surface area (Å²) in [5.74, 6) is 0.0362. The molecule has 1 unspecified atom stereocenters. The molecule has 0 aliphatic heterocycles. The van der Waals surface area contributed by atoms with Crippen molar-refractivity contribution in [2.45, 2.75) is 24.9 Å². The Labute approximate surface area is 114 Å². The molecule has 0 heterocycles. The molecular weight excluding hydrogens is 283 g/mol. The first-order chi connectivity index (χ1) is 8.37. The van der Waals surface area contributed by atoms with E-state index in [1.54, 1.807) is 0 Å². The molecule has 0 bridgehead atoms. The van der Waals surface area contributed by atoms with Crippen LogP contribution in [0.3, 0.4) is 0 Å². The maximum atomic E-state index is 11.9. The van der Waals surface area contributed by atoms with Gasteiger partial charge in [-0.2, -0.15) is 13.2 Å². The Morgan fingerprint density at radius 2 is 1.89 bits per heavy atom. The Bertz CT molecular complexity index is 353. The van der Waals surface area contributed by atoms with Crippen LogP contribution in [0.4, 0.5) is 13.2 Å². The summed E-state index contributed by atoms with van der Waals surface area (Å²) >= 11 is 5.77. The Kier molecular flexibility index (Phi) is 6.32. The van der Waals surface area contributed by atoms with Gasteiger partial charge in [-0.25, -0.2) is 0 Å². The van der Waals surface area contributed by atoms with Crippen molar-refractivity contribution in [2.75, 3.05) is 12.3 Å². The second-order valence-corrected chi connectivity index (χ2v) is 5.58. The third-order valence-electron chi connectivity index (χ3n) is 2.32. The highest BCUT2D eigenvalue weighted by molar-refractivity contribution is 8.00. The van der Waals surface area contributed by atoms with Gasteiger partial charge in [-0.05, 0) is 42.8 Å². The van der Waals surface area contributed by atoms with Gasteiger partial charge in [0.05, 0.1) is 0 Å². The number of halogens is 4. The summed E-state index contributed by atoms with van der Waals surface area (Å²) in [6.45, 7) is 2.30. The molecule has 0 amide bonds. The van der Waals surface area contributed by atoms with E-state index in [-0.39, 0.29) is 23.6 Å².